The van der Waals surface area contributed by atoms with Crippen molar-refractivity contribution >= 4 is 11.5 Å². The highest BCUT2D eigenvalue weighted by atomic mass is 16.3. The number of aryl methyl sites for hydroxylation is 1. The topological polar surface area (TPSA) is 50.2 Å². The molecule has 1 N–H and O–H groups in total. The van der Waals surface area contributed by atoms with E-state index in [0.29, 0.717) is 11.1 Å². The standard InChI is InChI=1S/C15H13NO2/c1-11-4-6-12(7-5-11)14(17)9-15(18)13-3-2-8-16-10-13/h2-10,18H,1H3/b15-9-. The molecule has 2 aromatic rings. The van der Waals surface area contributed by atoms with Crippen LogP contribution >= 0.6 is 0 Å². The second-order valence-corrected chi connectivity index (χ2v) is 4.00. The number of hydrogen-bond acceptors (Lipinski definition) is 3. The smallest absolute Gasteiger partial charge is 0.189 e. The van der Waals surface area contributed by atoms with Crippen LogP contribution in [0.4, 0.5) is 0 Å². The lowest BCUT2D eigenvalue weighted by Crippen LogP contribution is -1.96. The van der Waals surface area contributed by atoms with Crippen molar-refractivity contribution in [2.75, 3.05) is 0 Å². The molecule has 90 valence electrons. The Morgan fingerprint density at radius 3 is 2.50 bits per heavy atom. The summed E-state index contributed by atoms with van der Waals surface area (Å²) in [6.45, 7) is 1.96. The van der Waals surface area contributed by atoms with E-state index >= 15 is 0 Å². The molecule has 3 heteroatoms. The molecule has 1 heterocycles. The van der Waals surface area contributed by atoms with E-state index in [1.165, 1.54) is 12.3 Å². The summed E-state index contributed by atoms with van der Waals surface area (Å²) in [7, 11) is 0. The number of aliphatic hydroxyl groups excluding tert-OH is 1. The second-order valence-electron chi connectivity index (χ2n) is 4.00. The molecule has 0 spiro atoms. The van der Waals surface area contributed by atoms with Gasteiger partial charge in [-0.1, -0.05) is 29.8 Å². The molecule has 0 aliphatic rings. The molecular formula is C15H13NO2. The summed E-state index contributed by atoms with van der Waals surface area (Å²) in [6.07, 6.45) is 4.33. The minimum absolute atomic E-state index is 0.0753. The summed E-state index contributed by atoms with van der Waals surface area (Å²) in [5.74, 6) is -0.301. The van der Waals surface area contributed by atoms with Gasteiger partial charge in [-0.3, -0.25) is 9.78 Å². The third-order valence-electron chi connectivity index (χ3n) is 2.56. The maximum absolute atomic E-state index is 11.9. The van der Waals surface area contributed by atoms with Crippen LogP contribution in [0.3, 0.4) is 0 Å². The van der Waals surface area contributed by atoms with Gasteiger partial charge in [0.15, 0.2) is 5.78 Å². The molecule has 0 bridgehead atoms. The van der Waals surface area contributed by atoms with Gasteiger partial charge >= 0.3 is 0 Å². The number of ketones is 1. The van der Waals surface area contributed by atoms with E-state index in [0.717, 1.165) is 5.56 Å². The predicted octanol–water partition coefficient (Wildman–Crippen LogP) is 3.17. The average molecular weight is 239 g/mol. The monoisotopic (exact) mass is 239 g/mol. The van der Waals surface area contributed by atoms with Crippen LogP contribution in [0.1, 0.15) is 21.5 Å². The zero-order chi connectivity index (χ0) is 13.0. The number of aliphatic hydroxyl groups is 1. The Morgan fingerprint density at radius 2 is 1.89 bits per heavy atom. The molecule has 0 saturated heterocycles. The highest BCUT2D eigenvalue weighted by molar-refractivity contribution is 6.07. The predicted molar refractivity (Wildman–Crippen MR) is 70.4 cm³/mol. The first-order chi connectivity index (χ1) is 8.66. The maximum atomic E-state index is 11.9. The number of aromatic nitrogens is 1. The third-order valence-corrected chi connectivity index (χ3v) is 2.56. The molecule has 1 aromatic heterocycles. The summed E-state index contributed by atoms with van der Waals surface area (Å²) in [4.78, 5) is 15.8. The Balaban J connectivity index is 2.23. The van der Waals surface area contributed by atoms with E-state index in [1.807, 2.05) is 19.1 Å². The summed E-state index contributed by atoms with van der Waals surface area (Å²) in [5.41, 5.74) is 2.17. The fourth-order valence-corrected chi connectivity index (χ4v) is 1.52. The van der Waals surface area contributed by atoms with Gasteiger partial charge in [0.2, 0.25) is 0 Å². The quantitative estimate of drug-likeness (QED) is 0.508. The number of hydrogen-bond donors (Lipinski definition) is 1. The van der Waals surface area contributed by atoms with Gasteiger partial charge in [-0.05, 0) is 19.1 Å². The first kappa shape index (κ1) is 12.0. The Morgan fingerprint density at radius 1 is 1.17 bits per heavy atom. The minimum Gasteiger partial charge on any atom is -0.507 e. The van der Waals surface area contributed by atoms with E-state index in [1.54, 1.807) is 30.5 Å². The lowest BCUT2D eigenvalue weighted by Gasteiger charge is -2.00. The molecule has 0 amide bonds. The summed E-state index contributed by atoms with van der Waals surface area (Å²) >= 11 is 0. The van der Waals surface area contributed by atoms with E-state index in [-0.39, 0.29) is 11.5 Å². The van der Waals surface area contributed by atoms with Crippen molar-refractivity contribution in [1.29, 1.82) is 0 Å². The Labute approximate surface area is 105 Å². The molecule has 0 unspecified atom stereocenters. The van der Waals surface area contributed by atoms with E-state index in [9.17, 15) is 9.90 Å². The van der Waals surface area contributed by atoms with Crippen molar-refractivity contribution in [3.8, 4) is 0 Å². The van der Waals surface area contributed by atoms with Gasteiger partial charge in [0, 0.05) is 29.6 Å². The average Bonchev–Trinajstić information content (AvgIpc) is 2.40. The summed E-state index contributed by atoms with van der Waals surface area (Å²) in [6, 6.07) is 10.6. The van der Waals surface area contributed by atoms with Crippen molar-refractivity contribution in [2.45, 2.75) is 6.92 Å². The van der Waals surface area contributed by atoms with Crippen LogP contribution in [0, 0.1) is 6.92 Å². The molecule has 0 aliphatic heterocycles. The molecule has 0 fully saturated rings. The fraction of sp³-hybridized carbons (Fsp3) is 0.0667. The zero-order valence-corrected chi connectivity index (χ0v) is 10.00. The first-order valence-corrected chi connectivity index (χ1v) is 5.59. The molecule has 18 heavy (non-hydrogen) atoms. The summed E-state index contributed by atoms with van der Waals surface area (Å²) in [5, 5.41) is 9.81. The molecule has 3 nitrogen and oxygen atoms in total. The van der Waals surface area contributed by atoms with Crippen LogP contribution in [0.25, 0.3) is 5.76 Å². The highest BCUT2D eigenvalue weighted by Crippen LogP contribution is 2.12. The van der Waals surface area contributed by atoms with Gasteiger partial charge in [-0.15, -0.1) is 0 Å². The minimum atomic E-state index is -0.226. The molecule has 0 radical (unpaired) electrons. The van der Waals surface area contributed by atoms with Gasteiger partial charge in [0.1, 0.15) is 5.76 Å². The van der Waals surface area contributed by atoms with E-state index < -0.39 is 0 Å². The van der Waals surface area contributed by atoms with Crippen LogP contribution in [0.5, 0.6) is 0 Å². The normalized spacial score (nSPS) is 11.3. The number of allylic oxidation sites excluding steroid dienone is 1. The van der Waals surface area contributed by atoms with Crippen LogP contribution < -0.4 is 0 Å². The van der Waals surface area contributed by atoms with Crippen molar-refractivity contribution in [2.24, 2.45) is 0 Å². The number of carbonyl (C=O) groups excluding carboxylic acids is 1. The number of carbonyl (C=O) groups is 1. The number of nitrogens with zero attached hydrogens (tertiary/aromatic N) is 1. The lowest BCUT2D eigenvalue weighted by molar-refractivity contribution is 0.104. The Kier molecular flexibility index (Phi) is 3.53. The number of benzene rings is 1. The van der Waals surface area contributed by atoms with Crippen LogP contribution in [-0.2, 0) is 0 Å². The van der Waals surface area contributed by atoms with Crippen LogP contribution in [-0.4, -0.2) is 15.9 Å². The van der Waals surface area contributed by atoms with E-state index in [2.05, 4.69) is 4.98 Å². The van der Waals surface area contributed by atoms with Gasteiger partial charge in [-0.2, -0.15) is 0 Å². The van der Waals surface area contributed by atoms with Crippen molar-refractivity contribution in [3.63, 3.8) is 0 Å². The van der Waals surface area contributed by atoms with Gasteiger partial charge in [0.25, 0.3) is 0 Å². The molecule has 2 rings (SSSR count). The van der Waals surface area contributed by atoms with Gasteiger partial charge < -0.3 is 5.11 Å². The Hall–Kier alpha value is -2.42. The second kappa shape index (κ2) is 5.27. The Bertz CT molecular complexity index is 571. The molecular weight excluding hydrogens is 226 g/mol. The van der Waals surface area contributed by atoms with Crippen molar-refractivity contribution in [1.82, 2.24) is 4.98 Å². The first-order valence-electron chi connectivity index (χ1n) is 5.59. The third kappa shape index (κ3) is 2.83. The van der Waals surface area contributed by atoms with Gasteiger partial charge in [0.05, 0.1) is 0 Å². The van der Waals surface area contributed by atoms with Crippen LogP contribution in [0.15, 0.2) is 54.9 Å². The fourth-order valence-electron chi connectivity index (χ4n) is 1.52. The van der Waals surface area contributed by atoms with Crippen LogP contribution in [0.2, 0.25) is 0 Å². The zero-order valence-electron chi connectivity index (χ0n) is 10.00. The number of rotatable bonds is 3. The van der Waals surface area contributed by atoms with E-state index in [4.69, 9.17) is 0 Å². The highest BCUT2D eigenvalue weighted by Gasteiger charge is 2.05. The SMILES string of the molecule is Cc1ccc(C(=O)/C=C(\O)c2cccnc2)cc1. The van der Waals surface area contributed by atoms with Crippen molar-refractivity contribution in [3.05, 3.63) is 71.6 Å². The largest absolute Gasteiger partial charge is 0.507 e. The maximum Gasteiger partial charge on any atom is 0.189 e. The van der Waals surface area contributed by atoms with Gasteiger partial charge in [-0.25, -0.2) is 0 Å². The molecule has 0 atom stereocenters. The number of pyridine rings is 1. The van der Waals surface area contributed by atoms with Crippen molar-refractivity contribution < 1.29 is 9.90 Å². The molecule has 1 aromatic carbocycles. The molecule has 0 saturated carbocycles. The molecule has 0 aliphatic carbocycles. The summed E-state index contributed by atoms with van der Waals surface area (Å²) < 4.78 is 0. The lowest BCUT2D eigenvalue weighted by atomic mass is 10.1.